The Balaban J connectivity index is 2.00. The Hall–Kier alpha value is -1.81. The third kappa shape index (κ3) is 4.08. The molecule has 2 aromatic carbocycles. The molecule has 0 bridgehead atoms. The molecular formula is C17H18BrNO2. The first-order chi connectivity index (χ1) is 10.1. The number of amides is 1. The molecule has 0 saturated heterocycles. The second-order valence-corrected chi connectivity index (χ2v) is 5.38. The van der Waals surface area contributed by atoms with Crippen LogP contribution in [0.1, 0.15) is 27.0 Å². The van der Waals surface area contributed by atoms with Crippen molar-refractivity contribution in [3.8, 4) is 5.75 Å². The zero-order chi connectivity index (χ0) is 15.2. The van der Waals surface area contributed by atoms with Crippen LogP contribution in [0.3, 0.4) is 0 Å². The van der Waals surface area contributed by atoms with Crippen molar-refractivity contribution < 1.29 is 9.53 Å². The molecule has 21 heavy (non-hydrogen) atoms. The highest BCUT2D eigenvalue weighted by Crippen LogP contribution is 2.19. The topological polar surface area (TPSA) is 38.3 Å². The molecule has 0 spiro atoms. The van der Waals surface area contributed by atoms with Gasteiger partial charge in [0.15, 0.2) is 0 Å². The average Bonchev–Trinajstić information content (AvgIpc) is 2.53. The molecule has 0 aromatic heterocycles. The van der Waals surface area contributed by atoms with Crippen LogP contribution in [0, 0.1) is 6.92 Å². The molecule has 0 unspecified atom stereocenters. The molecule has 110 valence electrons. The predicted octanol–water partition coefficient (Wildman–Crippen LogP) is 3.83. The van der Waals surface area contributed by atoms with E-state index in [1.807, 2.05) is 37.3 Å². The number of benzene rings is 2. The highest BCUT2D eigenvalue weighted by Gasteiger charge is 2.08. The standard InChI is InChI=1S/C17H18BrNO2/c1-12-3-8-15(9-16(12)21-2)17(20)19-11-14-6-4-13(10-18)5-7-14/h3-9H,10-11H2,1-2H3,(H,19,20). The van der Waals surface area contributed by atoms with Crippen molar-refractivity contribution in [1.29, 1.82) is 0 Å². The van der Waals surface area contributed by atoms with Crippen LogP contribution in [0.25, 0.3) is 0 Å². The summed E-state index contributed by atoms with van der Waals surface area (Å²) in [5, 5.41) is 3.75. The Labute approximate surface area is 133 Å². The molecule has 1 N–H and O–H groups in total. The fourth-order valence-electron chi connectivity index (χ4n) is 1.99. The van der Waals surface area contributed by atoms with Crippen LogP contribution in [0.5, 0.6) is 5.75 Å². The minimum Gasteiger partial charge on any atom is -0.496 e. The molecule has 0 aliphatic carbocycles. The van der Waals surface area contributed by atoms with Gasteiger partial charge in [0.05, 0.1) is 7.11 Å². The first-order valence-electron chi connectivity index (χ1n) is 6.70. The Bertz CT molecular complexity index is 623. The maximum absolute atomic E-state index is 12.1. The quantitative estimate of drug-likeness (QED) is 0.834. The van der Waals surface area contributed by atoms with E-state index in [2.05, 4.69) is 21.2 Å². The fraction of sp³-hybridized carbons (Fsp3) is 0.235. The molecule has 0 aliphatic heterocycles. The van der Waals surface area contributed by atoms with Crippen molar-refractivity contribution in [2.24, 2.45) is 0 Å². The minimum absolute atomic E-state index is 0.0992. The zero-order valence-electron chi connectivity index (χ0n) is 12.2. The van der Waals surface area contributed by atoms with Crippen molar-refractivity contribution in [2.75, 3.05) is 7.11 Å². The highest BCUT2D eigenvalue weighted by molar-refractivity contribution is 9.08. The Kier molecular flexibility index (Phi) is 5.39. The van der Waals surface area contributed by atoms with Gasteiger partial charge < -0.3 is 10.1 Å². The van der Waals surface area contributed by atoms with E-state index >= 15 is 0 Å². The lowest BCUT2D eigenvalue weighted by Gasteiger charge is -2.09. The lowest BCUT2D eigenvalue weighted by Crippen LogP contribution is -2.22. The summed E-state index contributed by atoms with van der Waals surface area (Å²) in [6, 6.07) is 13.6. The number of methoxy groups -OCH3 is 1. The summed E-state index contributed by atoms with van der Waals surface area (Å²) < 4.78 is 5.24. The van der Waals surface area contributed by atoms with Gasteiger partial charge in [0.1, 0.15) is 5.75 Å². The molecular weight excluding hydrogens is 330 g/mol. The third-order valence-corrected chi connectivity index (χ3v) is 3.95. The Morgan fingerprint density at radius 1 is 1.14 bits per heavy atom. The number of carbonyl (C=O) groups excluding carboxylic acids is 1. The molecule has 0 radical (unpaired) electrons. The first-order valence-corrected chi connectivity index (χ1v) is 7.83. The summed E-state index contributed by atoms with van der Waals surface area (Å²) in [5.41, 5.74) is 3.91. The molecule has 0 atom stereocenters. The van der Waals surface area contributed by atoms with E-state index in [0.29, 0.717) is 12.1 Å². The van der Waals surface area contributed by atoms with Crippen molar-refractivity contribution in [3.63, 3.8) is 0 Å². The van der Waals surface area contributed by atoms with Gasteiger partial charge in [0, 0.05) is 17.4 Å². The maximum atomic E-state index is 12.1. The van der Waals surface area contributed by atoms with E-state index < -0.39 is 0 Å². The summed E-state index contributed by atoms with van der Waals surface area (Å²) in [6.45, 7) is 2.46. The number of carbonyl (C=O) groups is 1. The smallest absolute Gasteiger partial charge is 0.251 e. The van der Waals surface area contributed by atoms with Crippen molar-refractivity contribution in [1.82, 2.24) is 5.32 Å². The highest BCUT2D eigenvalue weighted by atomic mass is 79.9. The van der Waals surface area contributed by atoms with Gasteiger partial charge in [-0.25, -0.2) is 0 Å². The lowest BCUT2D eigenvalue weighted by atomic mass is 10.1. The summed E-state index contributed by atoms with van der Waals surface area (Å²) in [6.07, 6.45) is 0. The van der Waals surface area contributed by atoms with Crippen molar-refractivity contribution >= 4 is 21.8 Å². The largest absolute Gasteiger partial charge is 0.496 e. The molecule has 1 amide bonds. The van der Waals surface area contributed by atoms with E-state index in [1.165, 1.54) is 5.56 Å². The first kappa shape index (κ1) is 15.6. The molecule has 0 saturated carbocycles. The number of hydrogen-bond acceptors (Lipinski definition) is 2. The Morgan fingerprint density at radius 3 is 2.43 bits per heavy atom. The van der Waals surface area contributed by atoms with Gasteiger partial charge in [0.25, 0.3) is 5.91 Å². The van der Waals surface area contributed by atoms with E-state index in [-0.39, 0.29) is 5.91 Å². The van der Waals surface area contributed by atoms with Crippen LogP contribution < -0.4 is 10.1 Å². The number of nitrogens with one attached hydrogen (secondary N) is 1. The molecule has 4 heteroatoms. The lowest BCUT2D eigenvalue weighted by molar-refractivity contribution is 0.0950. The summed E-state index contributed by atoms with van der Waals surface area (Å²) in [7, 11) is 1.61. The molecule has 0 fully saturated rings. The van der Waals surface area contributed by atoms with Crippen LogP contribution in [0.2, 0.25) is 0 Å². The number of ether oxygens (including phenoxy) is 1. The molecule has 0 aliphatic rings. The van der Waals surface area contributed by atoms with Gasteiger partial charge in [-0.05, 0) is 35.7 Å². The third-order valence-electron chi connectivity index (χ3n) is 3.30. The van der Waals surface area contributed by atoms with E-state index in [1.54, 1.807) is 19.2 Å². The van der Waals surface area contributed by atoms with Gasteiger partial charge in [-0.2, -0.15) is 0 Å². The normalized spacial score (nSPS) is 10.2. The number of alkyl halides is 1. The monoisotopic (exact) mass is 347 g/mol. The van der Waals surface area contributed by atoms with Gasteiger partial charge in [0.2, 0.25) is 0 Å². The SMILES string of the molecule is COc1cc(C(=O)NCc2ccc(CBr)cc2)ccc1C. The summed E-state index contributed by atoms with van der Waals surface area (Å²) in [5.74, 6) is 0.627. The number of aryl methyl sites for hydroxylation is 1. The summed E-state index contributed by atoms with van der Waals surface area (Å²) >= 11 is 3.41. The van der Waals surface area contributed by atoms with Crippen molar-refractivity contribution in [2.45, 2.75) is 18.8 Å². The number of rotatable bonds is 5. The van der Waals surface area contributed by atoms with Crippen LogP contribution in [-0.2, 0) is 11.9 Å². The minimum atomic E-state index is -0.0992. The average molecular weight is 348 g/mol. The van der Waals surface area contributed by atoms with Gasteiger partial charge >= 0.3 is 0 Å². The predicted molar refractivity (Wildman–Crippen MR) is 88.0 cm³/mol. The van der Waals surface area contributed by atoms with Gasteiger partial charge in [-0.3, -0.25) is 4.79 Å². The number of hydrogen-bond donors (Lipinski definition) is 1. The number of halogens is 1. The fourth-order valence-corrected chi connectivity index (χ4v) is 2.37. The van der Waals surface area contributed by atoms with Crippen LogP contribution in [0.4, 0.5) is 0 Å². The van der Waals surface area contributed by atoms with E-state index in [0.717, 1.165) is 22.2 Å². The zero-order valence-corrected chi connectivity index (χ0v) is 13.7. The van der Waals surface area contributed by atoms with Crippen LogP contribution >= 0.6 is 15.9 Å². The second-order valence-electron chi connectivity index (χ2n) is 4.82. The van der Waals surface area contributed by atoms with Crippen LogP contribution in [0.15, 0.2) is 42.5 Å². The van der Waals surface area contributed by atoms with Crippen molar-refractivity contribution in [3.05, 3.63) is 64.7 Å². The van der Waals surface area contributed by atoms with E-state index in [4.69, 9.17) is 4.74 Å². The second kappa shape index (κ2) is 7.27. The molecule has 2 rings (SSSR count). The van der Waals surface area contributed by atoms with Gasteiger partial charge in [-0.15, -0.1) is 0 Å². The molecule has 2 aromatic rings. The maximum Gasteiger partial charge on any atom is 0.251 e. The van der Waals surface area contributed by atoms with Crippen LogP contribution in [-0.4, -0.2) is 13.0 Å². The Morgan fingerprint density at radius 2 is 1.81 bits per heavy atom. The molecule has 3 nitrogen and oxygen atoms in total. The van der Waals surface area contributed by atoms with Gasteiger partial charge in [-0.1, -0.05) is 46.3 Å². The molecule has 0 heterocycles. The van der Waals surface area contributed by atoms with E-state index in [9.17, 15) is 4.79 Å². The summed E-state index contributed by atoms with van der Waals surface area (Å²) in [4.78, 5) is 12.1.